The van der Waals surface area contributed by atoms with E-state index in [0.717, 1.165) is 24.8 Å². The molecule has 2 aromatic rings. The second-order valence-corrected chi connectivity index (χ2v) is 9.17. The summed E-state index contributed by atoms with van der Waals surface area (Å²) in [6, 6.07) is 10.4. The van der Waals surface area contributed by atoms with Gasteiger partial charge in [-0.2, -0.15) is 8.42 Å². The monoisotopic (exact) mass is 456 g/mol. The molecule has 1 N–H and O–H groups in total. The molecule has 2 aromatic carbocycles. The average molecular weight is 457 g/mol. The molecule has 0 aliphatic heterocycles. The second-order valence-electron chi connectivity index (χ2n) is 7.75. The average Bonchev–Trinajstić information content (AvgIpc) is 2.70. The molecule has 0 saturated carbocycles. The van der Waals surface area contributed by atoms with Crippen molar-refractivity contribution in [3.05, 3.63) is 48.0 Å². The smallest absolute Gasteiger partial charge is 0.872 e. The van der Waals surface area contributed by atoms with E-state index >= 15 is 0 Å². The number of rotatable bonds is 14. The molecule has 31 heavy (non-hydrogen) atoms. The van der Waals surface area contributed by atoms with Crippen LogP contribution in [0.5, 0.6) is 17.2 Å². The Morgan fingerprint density at radius 3 is 1.84 bits per heavy atom. The van der Waals surface area contributed by atoms with Crippen LogP contribution in [0.4, 0.5) is 0 Å². The van der Waals surface area contributed by atoms with Gasteiger partial charge in [-0.15, -0.1) is 5.75 Å². The van der Waals surface area contributed by atoms with Crippen LogP contribution in [0.25, 0.3) is 0 Å². The summed E-state index contributed by atoms with van der Waals surface area (Å²) in [5, 5.41) is 12.3. The van der Waals surface area contributed by atoms with Gasteiger partial charge in [0.05, 0.1) is 4.90 Å². The Hall–Kier alpha value is -1.05. The van der Waals surface area contributed by atoms with Gasteiger partial charge in [-0.05, 0) is 49.2 Å². The summed E-state index contributed by atoms with van der Waals surface area (Å²) in [6.45, 7) is 2.24. The van der Waals surface area contributed by atoms with Gasteiger partial charge in [0.15, 0.2) is 0 Å². The third kappa shape index (κ3) is 10.9. The first kappa shape index (κ1) is 28.0. The van der Waals surface area contributed by atoms with Crippen molar-refractivity contribution >= 4 is 10.1 Å². The molecule has 0 amide bonds. The zero-order chi connectivity index (χ0) is 21.8. The summed E-state index contributed by atoms with van der Waals surface area (Å²) in [5.41, 5.74) is 0.795. The third-order valence-electron chi connectivity index (χ3n) is 5.20. The molecule has 0 aliphatic carbocycles. The maximum absolute atomic E-state index is 12.3. The van der Waals surface area contributed by atoms with Crippen LogP contribution in [0.15, 0.2) is 47.4 Å². The Morgan fingerprint density at radius 2 is 1.32 bits per heavy atom. The van der Waals surface area contributed by atoms with Crippen molar-refractivity contribution in [3.63, 3.8) is 0 Å². The van der Waals surface area contributed by atoms with Gasteiger partial charge in [0.2, 0.25) is 0 Å². The molecular formula is C24H33NaO5S. The SMILES string of the molecule is CCCCCCCCCCCCc1ccc(Oc2ccc(S(=O)(=O)O)cc2)cc1[O-].[Na+]. The van der Waals surface area contributed by atoms with Crippen LogP contribution >= 0.6 is 0 Å². The summed E-state index contributed by atoms with van der Waals surface area (Å²) in [7, 11) is -4.23. The molecule has 0 aliphatic rings. The summed E-state index contributed by atoms with van der Waals surface area (Å²) in [5.74, 6) is 0.758. The molecule has 0 heterocycles. The van der Waals surface area contributed by atoms with Gasteiger partial charge >= 0.3 is 29.6 Å². The molecule has 0 saturated heterocycles. The van der Waals surface area contributed by atoms with E-state index in [1.165, 1.54) is 81.7 Å². The van der Waals surface area contributed by atoms with E-state index in [4.69, 9.17) is 9.29 Å². The number of hydrogen-bond acceptors (Lipinski definition) is 4. The van der Waals surface area contributed by atoms with Crippen molar-refractivity contribution in [2.24, 2.45) is 0 Å². The first-order chi connectivity index (χ1) is 14.4. The van der Waals surface area contributed by atoms with E-state index < -0.39 is 10.1 Å². The normalized spacial score (nSPS) is 11.2. The zero-order valence-electron chi connectivity index (χ0n) is 18.8. The summed E-state index contributed by atoms with van der Waals surface area (Å²) in [4.78, 5) is -0.203. The molecule has 0 bridgehead atoms. The van der Waals surface area contributed by atoms with E-state index in [1.54, 1.807) is 12.1 Å². The third-order valence-corrected chi connectivity index (χ3v) is 6.06. The van der Waals surface area contributed by atoms with Gasteiger partial charge in [-0.3, -0.25) is 4.55 Å². The van der Waals surface area contributed by atoms with Crippen molar-refractivity contribution in [1.29, 1.82) is 0 Å². The minimum Gasteiger partial charge on any atom is -0.872 e. The molecular weight excluding hydrogens is 423 g/mol. The van der Waals surface area contributed by atoms with Crippen molar-refractivity contribution in [1.82, 2.24) is 0 Å². The van der Waals surface area contributed by atoms with Crippen molar-refractivity contribution in [2.45, 2.75) is 82.4 Å². The molecule has 0 radical (unpaired) electrons. The number of benzene rings is 2. The van der Waals surface area contributed by atoms with Crippen LogP contribution < -0.4 is 39.4 Å². The molecule has 5 nitrogen and oxygen atoms in total. The quantitative estimate of drug-likeness (QED) is 0.268. The predicted molar refractivity (Wildman–Crippen MR) is 118 cm³/mol. The first-order valence-corrected chi connectivity index (χ1v) is 12.4. The topological polar surface area (TPSA) is 86.7 Å². The van der Waals surface area contributed by atoms with Gasteiger partial charge in [-0.1, -0.05) is 76.3 Å². The van der Waals surface area contributed by atoms with Crippen LogP contribution in [0.2, 0.25) is 0 Å². The van der Waals surface area contributed by atoms with Crippen LogP contribution in [0.1, 0.15) is 76.7 Å². The fraction of sp³-hybridized carbons (Fsp3) is 0.500. The number of ether oxygens (including phenoxy) is 1. The summed E-state index contributed by atoms with van der Waals surface area (Å²) < 4.78 is 36.7. The predicted octanol–water partition coefficient (Wildman–Crippen LogP) is 3.27. The van der Waals surface area contributed by atoms with E-state index in [1.807, 2.05) is 0 Å². The number of unbranched alkanes of at least 4 members (excludes halogenated alkanes) is 9. The van der Waals surface area contributed by atoms with E-state index in [-0.39, 0.29) is 40.2 Å². The molecule has 0 unspecified atom stereocenters. The second kappa shape index (κ2) is 14.9. The maximum Gasteiger partial charge on any atom is 1.00 e. The van der Waals surface area contributed by atoms with Gasteiger partial charge in [0, 0.05) is 0 Å². The Balaban J connectivity index is 0.00000480. The summed E-state index contributed by atoms with van der Waals surface area (Å²) in [6.07, 6.45) is 13.4. The van der Waals surface area contributed by atoms with Crippen LogP contribution in [-0.2, 0) is 16.5 Å². The minimum absolute atomic E-state index is 0. The van der Waals surface area contributed by atoms with Gasteiger partial charge in [0.25, 0.3) is 10.1 Å². The van der Waals surface area contributed by atoms with E-state index in [2.05, 4.69) is 6.92 Å². The molecule has 0 aromatic heterocycles. The van der Waals surface area contributed by atoms with E-state index in [0.29, 0.717) is 11.5 Å². The number of hydrogen-bond donors (Lipinski definition) is 1. The van der Waals surface area contributed by atoms with Crippen LogP contribution in [-0.4, -0.2) is 13.0 Å². The maximum atomic E-state index is 12.3. The molecule has 166 valence electrons. The summed E-state index contributed by atoms with van der Waals surface area (Å²) >= 11 is 0. The molecule has 0 atom stereocenters. The van der Waals surface area contributed by atoms with Crippen molar-refractivity contribution < 1.29 is 52.4 Å². The number of aryl methyl sites for hydroxylation is 1. The fourth-order valence-electron chi connectivity index (χ4n) is 3.42. The Labute approximate surface area is 209 Å². The van der Waals surface area contributed by atoms with Crippen molar-refractivity contribution in [3.8, 4) is 17.2 Å². The van der Waals surface area contributed by atoms with Gasteiger partial charge in [-0.25, -0.2) is 0 Å². The largest absolute Gasteiger partial charge is 1.00 e. The van der Waals surface area contributed by atoms with Gasteiger partial charge < -0.3 is 9.84 Å². The molecule has 0 fully saturated rings. The van der Waals surface area contributed by atoms with Crippen molar-refractivity contribution in [2.75, 3.05) is 0 Å². The fourth-order valence-corrected chi connectivity index (χ4v) is 3.90. The molecule has 2 rings (SSSR count). The van der Waals surface area contributed by atoms with Crippen LogP contribution in [0, 0.1) is 0 Å². The molecule has 7 heteroatoms. The standard InChI is InChI=1S/C24H34O5S.Na/c1-2-3-4-5-6-7-8-9-10-11-12-20-13-14-22(19-24(20)25)29-21-15-17-23(18-16-21)30(26,27)28;/h13-19,25H,2-12H2,1H3,(H,26,27,28);/q;+1/p-1. The Morgan fingerprint density at radius 1 is 0.806 bits per heavy atom. The Bertz CT molecular complexity index is 866. The molecule has 0 spiro atoms. The zero-order valence-corrected chi connectivity index (χ0v) is 21.6. The minimum atomic E-state index is -4.23. The Kier molecular flexibility index (Phi) is 13.5. The van der Waals surface area contributed by atoms with Crippen LogP contribution in [0.3, 0.4) is 0 Å². The van der Waals surface area contributed by atoms with Gasteiger partial charge in [0.1, 0.15) is 11.5 Å². The van der Waals surface area contributed by atoms with E-state index in [9.17, 15) is 13.5 Å². The first-order valence-electron chi connectivity index (χ1n) is 11.0.